The fourth-order valence-corrected chi connectivity index (χ4v) is 3.27. The Kier molecular flexibility index (Phi) is 6.47. The molecule has 1 aliphatic rings. The van der Waals surface area contributed by atoms with E-state index in [1.165, 1.54) is 0 Å². The number of nitrogens with zero attached hydrogens (tertiary/aromatic N) is 1. The highest BCUT2D eigenvalue weighted by atomic mass is 16.5. The maximum absolute atomic E-state index is 12.7. The van der Waals surface area contributed by atoms with Gasteiger partial charge in [0, 0.05) is 19.4 Å². The van der Waals surface area contributed by atoms with Crippen LogP contribution in [0.1, 0.15) is 24.7 Å². The summed E-state index contributed by atoms with van der Waals surface area (Å²) in [5, 5.41) is 2.78. The highest BCUT2D eigenvalue weighted by Gasteiger charge is 2.36. The van der Waals surface area contributed by atoms with E-state index in [1.807, 2.05) is 30.3 Å². The van der Waals surface area contributed by atoms with Crippen LogP contribution in [-0.4, -0.2) is 41.9 Å². The molecular weight excluding hydrogens is 360 g/mol. The van der Waals surface area contributed by atoms with Crippen LogP contribution in [0.3, 0.4) is 0 Å². The fraction of sp³-hybridized carbons (Fsp3) is 0.381. The van der Waals surface area contributed by atoms with Crippen LogP contribution < -0.4 is 5.32 Å². The standard InChI is InChI=1S/C21H24N2O5/c1-2-27-21(26)18(11-15-7-4-3-5-8-15)22-20(25)16-12-19(24)23(13-16)14-17-9-6-10-28-17/h3-10,16,18H,2,11-14H2,1H3,(H,22,25). The lowest BCUT2D eigenvalue weighted by Crippen LogP contribution is -2.46. The molecule has 7 heteroatoms. The Balaban J connectivity index is 1.62. The van der Waals surface area contributed by atoms with Gasteiger partial charge in [0.15, 0.2) is 0 Å². The molecule has 28 heavy (non-hydrogen) atoms. The maximum atomic E-state index is 12.7. The van der Waals surface area contributed by atoms with Crippen LogP contribution in [0.4, 0.5) is 0 Å². The van der Waals surface area contributed by atoms with Crippen LogP contribution >= 0.6 is 0 Å². The lowest BCUT2D eigenvalue weighted by atomic mass is 10.0. The van der Waals surface area contributed by atoms with E-state index in [0.717, 1.165) is 5.56 Å². The largest absolute Gasteiger partial charge is 0.467 e. The number of carbonyl (C=O) groups excluding carboxylic acids is 3. The van der Waals surface area contributed by atoms with Crippen molar-refractivity contribution in [2.24, 2.45) is 5.92 Å². The summed E-state index contributed by atoms with van der Waals surface area (Å²) in [5.74, 6) is -0.730. The Hall–Kier alpha value is -3.09. The van der Waals surface area contributed by atoms with Gasteiger partial charge in [0.05, 0.1) is 25.3 Å². The lowest BCUT2D eigenvalue weighted by molar-refractivity contribution is -0.147. The van der Waals surface area contributed by atoms with Crippen molar-refractivity contribution in [1.82, 2.24) is 10.2 Å². The first kappa shape index (κ1) is 19.7. The molecule has 1 fully saturated rings. The Morgan fingerprint density at radius 3 is 2.71 bits per heavy atom. The predicted octanol–water partition coefficient (Wildman–Crippen LogP) is 1.92. The number of hydrogen-bond donors (Lipinski definition) is 1. The molecule has 0 saturated carbocycles. The Labute approximate surface area is 163 Å². The average molecular weight is 384 g/mol. The highest BCUT2D eigenvalue weighted by molar-refractivity contribution is 5.91. The van der Waals surface area contributed by atoms with Gasteiger partial charge in [-0.3, -0.25) is 9.59 Å². The Morgan fingerprint density at radius 1 is 1.25 bits per heavy atom. The van der Waals surface area contributed by atoms with Gasteiger partial charge in [-0.15, -0.1) is 0 Å². The molecule has 1 aromatic carbocycles. The van der Waals surface area contributed by atoms with Crippen molar-refractivity contribution in [2.45, 2.75) is 32.4 Å². The zero-order chi connectivity index (χ0) is 19.9. The first-order valence-corrected chi connectivity index (χ1v) is 9.38. The van der Waals surface area contributed by atoms with Crippen LogP contribution in [0.15, 0.2) is 53.1 Å². The number of hydrogen-bond acceptors (Lipinski definition) is 5. The van der Waals surface area contributed by atoms with Crippen molar-refractivity contribution >= 4 is 17.8 Å². The minimum Gasteiger partial charge on any atom is -0.467 e. The number of nitrogens with one attached hydrogen (secondary N) is 1. The highest BCUT2D eigenvalue weighted by Crippen LogP contribution is 2.21. The van der Waals surface area contributed by atoms with Crippen molar-refractivity contribution in [2.75, 3.05) is 13.2 Å². The van der Waals surface area contributed by atoms with E-state index in [9.17, 15) is 14.4 Å². The monoisotopic (exact) mass is 384 g/mol. The minimum absolute atomic E-state index is 0.104. The Bertz CT molecular complexity index is 803. The molecule has 0 radical (unpaired) electrons. The third kappa shape index (κ3) is 5.00. The second-order valence-corrected chi connectivity index (χ2v) is 6.76. The van der Waals surface area contributed by atoms with Crippen LogP contribution in [-0.2, 0) is 32.1 Å². The van der Waals surface area contributed by atoms with Gasteiger partial charge >= 0.3 is 5.97 Å². The predicted molar refractivity (Wildman–Crippen MR) is 101 cm³/mol. The van der Waals surface area contributed by atoms with Crippen molar-refractivity contribution in [3.05, 3.63) is 60.1 Å². The van der Waals surface area contributed by atoms with Gasteiger partial charge in [-0.1, -0.05) is 30.3 Å². The van der Waals surface area contributed by atoms with Gasteiger partial charge in [0.25, 0.3) is 0 Å². The first-order valence-electron chi connectivity index (χ1n) is 9.38. The fourth-order valence-electron chi connectivity index (χ4n) is 3.27. The SMILES string of the molecule is CCOC(=O)C(Cc1ccccc1)NC(=O)C1CC(=O)N(Cc2ccco2)C1. The summed E-state index contributed by atoms with van der Waals surface area (Å²) in [6.45, 7) is 2.59. The van der Waals surface area contributed by atoms with Gasteiger partial charge in [-0.25, -0.2) is 4.79 Å². The topological polar surface area (TPSA) is 88.8 Å². The summed E-state index contributed by atoms with van der Waals surface area (Å²) in [7, 11) is 0. The number of amides is 2. The molecule has 2 amide bonds. The summed E-state index contributed by atoms with van der Waals surface area (Å²) in [5.41, 5.74) is 0.919. The van der Waals surface area contributed by atoms with Crippen molar-refractivity contribution in [3.8, 4) is 0 Å². The molecule has 2 atom stereocenters. The molecule has 2 unspecified atom stereocenters. The van der Waals surface area contributed by atoms with E-state index in [1.54, 1.807) is 30.2 Å². The van der Waals surface area contributed by atoms with Gasteiger partial charge in [-0.2, -0.15) is 0 Å². The molecule has 2 heterocycles. The molecular formula is C21H24N2O5. The summed E-state index contributed by atoms with van der Waals surface area (Å²) in [4.78, 5) is 38.9. The zero-order valence-electron chi connectivity index (χ0n) is 15.8. The molecule has 1 aromatic heterocycles. The van der Waals surface area contributed by atoms with Gasteiger partial charge in [0.1, 0.15) is 11.8 Å². The number of benzene rings is 1. The molecule has 0 bridgehead atoms. The first-order chi connectivity index (χ1) is 13.6. The normalized spacial score (nSPS) is 17.4. The molecule has 2 aromatic rings. The van der Waals surface area contributed by atoms with Crippen molar-refractivity contribution in [1.29, 1.82) is 0 Å². The van der Waals surface area contributed by atoms with E-state index in [0.29, 0.717) is 25.3 Å². The van der Waals surface area contributed by atoms with Gasteiger partial charge in [0.2, 0.25) is 11.8 Å². The van der Waals surface area contributed by atoms with Gasteiger partial charge < -0.3 is 19.4 Å². The maximum Gasteiger partial charge on any atom is 0.328 e. The number of furan rings is 1. The van der Waals surface area contributed by atoms with Crippen molar-refractivity contribution in [3.63, 3.8) is 0 Å². The smallest absolute Gasteiger partial charge is 0.328 e. The molecule has 7 nitrogen and oxygen atoms in total. The molecule has 148 valence electrons. The molecule has 3 rings (SSSR count). The number of ether oxygens (including phenoxy) is 1. The third-order valence-corrected chi connectivity index (χ3v) is 4.68. The second-order valence-electron chi connectivity index (χ2n) is 6.76. The molecule has 1 N–H and O–H groups in total. The summed E-state index contributed by atoms with van der Waals surface area (Å²) in [6, 6.07) is 12.2. The van der Waals surface area contributed by atoms with Crippen LogP contribution in [0.2, 0.25) is 0 Å². The van der Waals surface area contributed by atoms with E-state index in [-0.39, 0.29) is 24.8 Å². The van der Waals surface area contributed by atoms with Gasteiger partial charge in [-0.05, 0) is 24.6 Å². The molecule has 0 aliphatic carbocycles. The van der Waals surface area contributed by atoms with E-state index < -0.39 is 17.9 Å². The number of carbonyl (C=O) groups is 3. The minimum atomic E-state index is -0.788. The van der Waals surface area contributed by atoms with E-state index >= 15 is 0 Å². The number of esters is 1. The van der Waals surface area contributed by atoms with Crippen LogP contribution in [0.5, 0.6) is 0 Å². The number of rotatable bonds is 8. The summed E-state index contributed by atoms with van der Waals surface area (Å²) >= 11 is 0. The van der Waals surface area contributed by atoms with Crippen LogP contribution in [0, 0.1) is 5.92 Å². The van der Waals surface area contributed by atoms with E-state index in [2.05, 4.69) is 5.32 Å². The second kappa shape index (κ2) is 9.21. The molecule has 1 aliphatic heterocycles. The average Bonchev–Trinajstić information content (AvgIpc) is 3.33. The zero-order valence-corrected chi connectivity index (χ0v) is 15.8. The van der Waals surface area contributed by atoms with E-state index in [4.69, 9.17) is 9.15 Å². The molecule has 0 spiro atoms. The lowest BCUT2D eigenvalue weighted by Gasteiger charge is -2.20. The quantitative estimate of drug-likeness (QED) is 0.703. The summed E-state index contributed by atoms with van der Waals surface area (Å²) in [6.07, 6.45) is 2.00. The third-order valence-electron chi connectivity index (χ3n) is 4.68. The van der Waals surface area contributed by atoms with Crippen molar-refractivity contribution < 1.29 is 23.5 Å². The molecule has 1 saturated heterocycles. The van der Waals surface area contributed by atoms with Crippen LogP contribution in [0.25, 0.3) is 0 Å². The Morgan fingerprint density at radius 2 is 2.04 bits per heavy atom. The number of likely N-dealkylation sites (tertiary alicyclic amines) is 1. The summed E-state index contributed by atoms with van der Waals surface area (Å²) < 4.78 is 10.4.